The lowest BCUT2D eigenvalue weighted by molar-refractivity contribution is -0.131. The summed E-state index contributed by atoms with van der Waals surface area (Å²) in [6, 6.07) is 6.10. The summed E-state index contributed by atoms with van der Waals surface area (Å²) >= 11 is 0. The second kappa shape index (κ2) is 4.88. The first kappa shape index (κ1) is 12.1. The SMILES string of the molecule is Cc1ccc(C2NCCCN(C)C2=O)c(C)c1. The summed E-state index contributed by atoms with van der Waals surface area (Å²) in [5, 5.41) is 3.35. The summed E-state index contributed by atoms with van der Waals surface area (Å²) in [7, 11) is 1.88. The minimum atomic E-state index is -0.178. The van der Waals surface area contributed by atoms with E-state index in [-0.39, 0.29) is 11.9 Å². The van der Waals surface area contributed by atoms with Gasteiger partial charge in [-0.1, -0.05) is 23.8 Å². The van der Waals surface area contributed by atoms with Gasteiger partial charge in [0.05, 0.1) is 0 Å². The molecule has 0 spiro atoms. The average Bonchev–Trinajstić information content (AvgIpc) is 2.44. The van der Waals surface area contributed by atoms with E-state index in [0.717, 1.165) is 25.1 Å². The summed E-state index contributed by atoms with van der Waals surface area (Å²) in [5.74, 6) is 0.175. The van der Waals surface area contributed by atoms with Crippen molar-refractivity contribution >= 4 is 5.91 Å². The molecule has 1 unspecified atom stereocenters. The zero-order chi connectivity index (χ0) is 12.4. The van der Waals surface area contributed by atoms with Gasteiger partial charge in [0.2, 0.25) is 5.91 Å². The number of rotatable bonds is 1. The Morgan fingerprint density at radius 3 is 2.82 bits per heavy atom. The van der Waals surface area contributed by atoms with E-state index in [1.165, 1.54) is 11.1 Å². The van der Waals surface area contributed by atoms with Crippen molar-refractivity contribution in [3.63, 3.8) is 0 Å². The van der Waals surface area contributed by atoms with E-state index in [0.29, 0.717) is 0 Å². The molecule has 1 aliphatic heterocycles. The molecule has 0 aromatic heterocycles. The Bertz CT molecular complexity index is 428. The van der Waals surface area contributed by atoms with E-state index >= 15 is 0 Å². The summed E-state index contributed by atoms with van der Waals surface area (Å²) < 4.78 is 0. The molecule has 0 bridgehead atoms. The number of aryl methyl sites for hydroxylation is 2. The molecule has 2 rings (SSSR count). The van der Waals surface area contributed by atoms with E-state index < -0.39 is 0 Å². The molecule has 92 valence electrons. The molecular formula is C14H20N2O. The fourth-order valence-electron chi connectivity index (χ4n) is 2.37. The van der Waals surface area contributed by atoms with Crippen LogP contribution in [0, 0.1) is 13.8 Å². The summed E-state index contributed by atoms with van der Waals surface area (Å²) in [4.78, 5) is 14.1. The average molecular weight is 232 g/mol. The number of carbonyl (C=O) groups is 1. The molecule has 3 heteroatoms. The highest BCUT2D eigenvalue weighted by Gasteiger charge is 2.26. The van der Waals surface area contributed by atoms with Gasteiger partial charge < -0.3 is 10.2 Å². The first-order valence-corrected chi connectivity index (χ1v) is 6.15. The van der Waals surface area contributed by atoms with E-state index in [9.17, 15) is 4.79 Å². The van der Waals surface area contributed by atoms with Crippen molar-refractivity contribution < 1.29 is 4.79 Å². The molecule has 1 aliphatic rings. The van der Waals surface area contributed by atoms with Gasteiger partial charge in [-0.25, -0.2) is 0 Å². The van der Waals surface area contributed by atoms with Crippen LogP contribution in [0.2, 0.25) is 0 Å². The highest BCUT2D eigenvalue weighted by molar-refractivity contribution is 5.83. The normalized spacial score (nSPS) is 21.5. The monoisotopic (exact) mass is 232 g/mol. The maximum Gasteiger partial charge on any atom is 0.244 e. The maximum atomic E-state index is 12.2. The Morgan fingerprint density at radius 2 is 2.12 bits per heavy atom. The second-order valence-corrected chi connectivity index (χ2v) is 4.86. The predicted octanol–water partition coefficient (Wildman–Crippen LogP) is 1.80. The number of carbonyl (C=O) groups excluding carboxylic acids is 1. The van der Waals surface area contributed by atoms with Crippen molar-refractivity contribution in [2.24, 2.45) is 0 Å². The molecule has 0 radical (unpaired) electrons. The molecule has 1 atom stereocenters. The van der Waals surface area contributed by atoms with Gasteiger partial charge in [0.1, 0.15) is 6.04 Å². The standard InChI is InChI=1S/C14H20N2O/c1-10-5-6-12(11(2)9-10)13-14(17)16(3)8-4-7-15-13/h5-6,9,13,15H,4,7-8H2,1-3H3. The van der Waals surface area contributed by atoms with Crippen molar-refractivity contribution in [1.82, 2.24) is 10.2 Å². The quantitative estimate of drug-likeness (QED) is 0.800. The highest BCUT2D eigenvalue weighted by Crippen LogP contribution is 2.22. The lowest BCUT2D eigenvalue weighted by atomic mass is 9.98. The third-order valence-corrected chi connectivity index (χ3v) is 3.38. The molecule has 1 amide bonds. The molecule has 1 aromatic carbocycles. The van der Waals surface area contributed by atoms with Gasteiger partial charge in [-0.3, -0.25) is 4.79 Å². The van der Waals surface area contributed by atoms with Crippen LogP contribution in [0.3, 0.4) is 0 Å². The topological polar surface area (TPSA) is 32.3 Å². The molecule has 1 N–H and O–H groups in total. The number of amides is 1. The molecule has 1 heterocycles. The predicted molar refractivity (Wildman–Crippen MR) is 68.9 cm³/mol. The third-order valence-electron chi connectivity index (χ3n) is 3.38. The summed E-state index contributed by atoms with van der Waals surface area (Å²) in [6.45, 7) is 5.88. The number of hydrogen-bond donors (Lipinski definition) is 1. The van der Waals surface area contributed by atoms with Crippen LogP contribution in [0.4, 0.5) is 0 Å². The molecule has 1 saturated heterocycles. The fourth-order valence-corrected chi connectivity index (χ4v) is 2.37. The molecule has 1 aromatic rings. The van der Waals surface area contributed by atoms with Crippen molar-refractivity contribution in [2.45, 2.75) is 26.3 Å². The Balaban J connectivity index is 2.33. The number of nitrogens with one attached hydrogen (secondary N) is 1. The van der Waals surface area contributed by atoms with E-state index in [1.807, 2.05) is 11.9 Å². The van der Waals surface area contributed by atoms with Crippen LogP contribution < -0.4 is 5.32 Å². The molecule has 3 nitrogen and oxygen atoms in total. The lowest BCUT2D eigenvalue weighted by Crippen LogP contribution is -2.35. The summed E-state index contributed by atoms with van der Waals surface area (Å²) in [6.07, 6.45) is 1.02. The van der Waals surface area contributed by atoms with Crippen molar-refractivity contribution in [3.05, 3.63) is 34.9 Å². The number of nitrogens with zero attached hydrogens (tertiary/aromatic N) is 1. The van der Waals surface area contributed by atoms with Crippen LogP contribution >= 0.6 is 0 Å². The lowest BCUT2D eigenvalue weighted by Gasteiger charge is -2.22. The van der Waals surface area contributed by atoms with Crippen LogP contribution in [-0.4, -0.2) is 30.9 Å². The third kappa shape index (κ3) is 2.50. The van der Waals surface area contributed by atoms with E-state index in [4.69, 9.17) is 0 Å². The van der Waals surface area contributed by atoms with Gasteiger partial charge in [-0.15, -0.1) is 0 Å². The zero-order valence-electron chi connectivity index (χ0n) is 10.8. The van der Waals surface area contributed by atoms with Gasteiger partial charge in [0, 0.05) is 13.6 Å². The number of likely N-dealkylation sites (N-methyl/N-ethyl adjacent to an activating group) is 1. The Hall–Kier alpha value is -1.35. The van der Waals surface area contributed by atoms with Gasteiger partial charge in [-0.05, 0) is 37.9 Å². The first-order valence-electron chi connectivity index (χ1n) is 6.15. The van der Waals surface area contributed by atoms with E-state index in [1.54, 1.807) is 0 Å². The van der Waals surface area contributed by atoms with Crippen LogP contribution in [0.25, 0.3) is 0 Å². The van der Waals surface area contributed by atoms with Crippen molar-refractivity contribution in [2.75, 3.05) is 20.1 Å². The fraction of sp³-hybridized carbons (Fsp3) is 0.500. The van der Waals surface area contributed by atoms with Gasteiger partial charge in [0.25, 0.3) is 0 Å². The smallest absolute Gasteiger partial charge is 0.244 e. The minimum absolute atomic E-state index is 0.175. The van der Waals surface area contributed by atoms with Gasteiger partial charge in [-0.2, -0.15) is 0 Å². The largest absolute Gasteiger partial charge is 0.344 e. The minimum Gasteiger partial charge on any atom is -0.344 e. The van der Waals surface area contributed by atoms with Crippen LogP contribution in [-0.2, 0) is 4.79 Å². The zero-order valence-corrected chi connectivity index (χ0v) is 10.8. The maximum absolute atomic E-state index is 12.2. The van der Waals surface area contributed by atoms with Crippen LogP contribution in [0.15, 0.2) is 18.2 Å². The van der Waals surface area contributed by atoms with Gasteiger partial charge >= 0.3 is 0 Å². The highest BCUT2D eigenvalue weighted by atomic mass is 16.2. The molecule has 1 fully saturated rings. The van der Waals surface area contributed by atoms with Crippen molar-refractivity contribution in [3.8, 4) is 0 Å². The Kier molecular flexibility index (Phi) is 3.48. The molecule has 0 aliphatic carbocycles. The summed E-state index contributed by atoms with van der Waals surface area (Å²) in [5.41, 5.74) is 3.53. The van der Waals surface area contributed by atoms with Crippen molar-refractivity contribution in [1.29, 1.82) is 0 Å². The number of hydrogen-bond acceptors (Lipinski definition) is 2. The van der Waals surface area contributed by atoms with E-state index in [2.05, 4.69) is 37.4 Å². The molecule has 17 heavy (non-hydrogen) atoms. The first-order chi connectivity index (χ1) is 8.09. The molecule has 0 saturated carbocycles. The Morgan fingerprint density at radius 1 is 1.35 bits per heavy atom. The van der Waals surface area contributed by atoms with Crippen LogP contribution in [0.1, 0.15) is 29.2 Å². The number of benzene rings is 1. The Labute approximate surface area is 103 Å². The van der Waals surface area contributed by atoms with Crippen LogP contribution in [0.5, 0.6) is 0 Å². The second-order valence-electron chi connectivity index (χ2n) is 4.86. The molecular weight excluding hydrogens is 212 g/mol. The van der Waals surface area contributed by atoms with Gasteiger partial charge in [0.15, 0.2) is 0 Å².